The van der Waals surface area contributed by atoms with Gasteiger partial charge in [0, 0.05) is 44.5 Å². The van der Waals surface area contributed by atoms with Gasteiger partial charge in [0.2, 0.25) is 0 Å². The van der Waals surface area contributed by atoms with Gasteiger partial charge in [0.25, 0.3) is 5.91 Å². The third-order valence-corrected chi connectivity index (χ3v) is 5.60. The number of guanidine groups is 1. The van der Waals surface area contributed by atoms with Crippen molar-refractivity contribution in [2.75, 3.05) is 31.6 Å². The SMILES string of the molecule is CCCNC(=O)c1cccc(CNC(=NC)NC(C)c2cccc(N3CCCC3)c2)c1.I. The monoisotopic (exact) mass is 549 g/mol. The average molecular weight is 550 g/mol. The molecule has 174 valence electrons. The molecule has 0 bridgehead atoms. The number of rotatable bonds is 8. The maximum Gasteiger partial charge on any atom is 0.251 e. The van der Waals surface area contributed by atoms with Gasteiger partial charge in [-0.25, -0.2) is 0 Å². The lowest BCUT2D eigenvalue weighted by atomic mass is 10.1. The van der Waals surface area contributed by atoms with Crippen LogP contribution in [0.15, 0.2) is 53.5 Å². The Bertz CT molecular complexity index is 895. The molecule has 0 aromatic heterocycles. The van der Waals surface area contributed by atoms with Gasteiger partial charge in [-0.15, -0.1) is 24.0 Å². The molecule has 1 aliphatic rings. The standard InChI is InChI=1S/C25H35N5O.HI/c1-4-13-27-24(31)22-11-7-9-20(16-22)18-28-25(26-3)29-19(2)21-10-8-12-23(17-21)30-14-5-6-15-30;/h7-12,16-17,19H,4-6,13-15,18H2,1-3H3,(H,27,31)(H2,26,28,29);1H. The molecule has 3 N–H and O–H groups in total. The Morgan fingerprint density at radius 2 is 1.84 bits per heavy atom. The molecule has 0 saturated carbocycles. The summed E-state index contributed by atoms with van der Waals surface area (Å²) >= 11 is 0. The van der Waals surface area contributed by atoms with E-state index in [4.69, 9.17) is 0 Å². The van der Waals surface area contributed by atoms with Gasteiger partial charge < -0.3 is 20.9 Å². The number of benzene rings is 2. The minimum atomic E-state index is -0.0299. The fourth-order valence-corrected chi connectivity index (χ4v) is 3.80. The van der Waals surface area contributed by atoms with E-state index in [0.717, 1.165) is 31.0 Å². The third kappa shape index (κ3) is 7.39. The summed E-state index contributed by atoms with van der Waals surface area (Å²) in [5.74, 6) is 0.706. The van der Waals surface area contributed by atoms with Crippen molar-refractivity contribution in [1.82, 2.24) is 16.0 Å². The Morgan fingerprint density at radius 3 is 2.56 bits per heavy atom. The Hall–Kier alpha value is -2.29. The summed E-state index contributed by atoms with van der Waals surface area (Å²) < 4.78 is 0. The topological polar surface area (TPSA) is 68.8 Å². The van der Waals surface area contributed by atoms with Crippen LogP contribution in [-0.4, -0.2) is 38.5 Å². The molecule has 0 spiro atoms. The van der Waals surface area contributed by atoms with E-state index in [1.165, 1.54) is 24.1 Å². The number of nitrogens with zero attached hydrogens (tertiary/aromatic N) is 2. The molecule has 3 rings (SSSR count). The highest BCUT2D eigenvalue weighted by Crippen LogP contribution is 2.23. The molecule has 2 aromatic carbocycles. The molecular formula is C25H36IN5O. The van der Waals surface area contributed by atoms with Crippen molar-refractivity contribution < 1.29 is 4.79 Å². The molecule has 1 atom stereocenters. The van der Waals surface area contributed by atoms with Crippen molar-refractivity contribution >= 4 is 41.5 Å². The van der Waals surface area contributed by atoms with Crippen LogP contribution in [-0.2, 0) is 6.54 Å². The summed E-state index contributed by atoms with van der Waals surface area (Å²) in [5.41, 5.74) is 4.25. The number of amides is 1. The maximum absolute atomic E-state index is 12.2. The van der Waals surface area contributed by atoms with Crippen LogP contribution >= 0.6 is 24.0 Å². The highest BCUT2D eigenvalue weighted by atomic mass is 127. The van der Waals surface area contributed by atoms with Gasteiger partial charge in [-0.3, -0.25) is 9.79 Å². The van der Waals surface area contributed by atoms with E-state index < -0.39 is 0 Å². The van der Waals surface area contributed by atoms with Crippen LogP contribution in [0.5, 0.6) is 0 Å². The van der Waals surface area contributed by atoms with Crippen molar-refractivity contribution in [2.45, 2.75) is 45.7 Å². The summed E-state index contributed by atoms with van der Waals surface area (Å²) in [6.07, 6.45) is 3.47. The van der Waals surface area contributed by atoms with Gasteiger partial charge in [0.1, 0.15) is 0 Å². The first-order chi connectivity index (χ1) is 15.1. The van der Waals surface area contributed by atoms with Crippen LogP contribution < -0.4 is 20.9 Å². The van der Waals surface area contributed by atoms with E-state index in [2.05, 4.69) is 57.0 Å². The zero-order valence-electron chi connectivity index (χ0n) is 19.4. The zero-order valence-corrected chi connectivity index (χ0v) is 21.7. The maximum atomic E-state index is 12.2. The first-order valence-electron chi connectivity index (χ1n) is 11.3. The first-order valence-corrected chi connectivity index (χ1v) is 11.3. The van der Waals surface area contributed by atoms with Gasteiger partial charge in [0.15, 0.2) is 5.96 Å². The normalized spacial score (nSPS) is 14.5. The second-order valence-electron chi connectivity index (χ2n) is 8.04. The average Bonchev–Trinajstić information content (AvgIpc) is 3.35. The number of hydrogen-bond acceptors (Lipinski definition) is 3. The fourth-order valence-electron chi connectivity index (χ4n) is 3.80. The number of carbonyl (C=O) groups excluding carboxylic acids is 1. The lowest BCUT2D eigenvalue weighted by Crippen LogP contribution is -2.38. The molecule has 32 heavy (non-hydrogen) atoms. The second kappa shape index (κ2) is 13.3. The Labute approximate surface area is 209 Å². The number of nitrogens with one attached hydrogen (secondary N) is 3. The Balaban J connectivity index is 0.00000363. The second-order valence-corrected chi connectivity index (χ2v) is 8.04. The molecule has 1 amide bonds. The summed E-state index contributed by atoms with van der Waals surface area (Å²) in [6.45, 7) is 7.76. The van der Waals surface area contributed by atoms with Crippen molar-refractivity contribution in [3.05, 3.63) is 65.2 Å². The van der Waals surface area contributed by atoms with Gasteiger partial charge in [-0.1, -0.05) is 31.2 Å². The molecule has 7 heteroatoms. The number of carbonyl (C=O) groups is 1. The van der Waals surface area contributed by atoms with Crippen molar-refractivity contribution in [3.8, 4) is 0 Å². The van der Waals surface area contributed by atoms with Gasteiger partial charge in [0.05, 0.1) is 6.04 Å². The summed E-state index contributed by atoms with van der Waals surface area (Å²) in [4.78, 5) is 19.0. The number of anilines is 1. The molecule has 1 unspecified atom stereocenters. The van der Waals surface area contributed by atoms with Gasteiger partial charge in [-0.05, 0) is 61.6 Å². The molecule has 1 fully saturated rings. The molecule has 6 nitrogen and oxygen atoms in total. The lowest BCUT2D eigenvalue weighted by molar-refractivity contribution is 0.0953. The van der Waals surface area contributed by atoms with E-state index in [1.54, 1.807) is 7.05 Å². The molecule has 2 aromatic rings. The molecule has 1 heterocycles. The molecule has 0 aliphatic carbocycles. The number of hydrogen-bond donors (Lipinski definition) is 3. The molecule has 1 aliphatic heterocycles. The van der Waals surface area contributed by atoms with E-state index >= 15 is 0 Å². The Morgan fingerprint density at radius 1 is 1.09 bits per heavy atom. The lowest BCUT2D eigenvalue weighted by Gasteiger charge is -2.22. The fraction of sp³-hybridized carbons (Fsp3) is 0.440. The third-order valence-electron chi connectivity index (χ3n) is 5.60. The predicted molar refractivity (Wildman–Crippen MR) is 144 cm³/mol. The van der Waals surface area contributed by atoms with Crippen LogP contribution in [0, 0.1) is 0 Å². The van der Waals surface area contributed by atoms with E-state index in [9.17, 15) is 4.79 Å². The molecular weight excluding hydrogens is 513 g/mol. The van der Waals surface area contributed by atoms with E-state index in [0.29, 0.717) is 18.7 Å². The highest BCUT2D eigenvalue weighted by Gasteiger charge is 2.14. The van der Waals surface area contributed by atoms with Crippen LogP contribution in [0.2, 0.25) is 0 Å². The van der Waals surface area contributed by atoms with Crippen LogP contribution in [0.4, 0.5) is 5.69 Å². The minimum absolute atomic E-state index is 0. The first kappa shape index (κ1) is 26.0. The van der Waals surface area contributed by atoms with E-state index in [-0.39, 0.29) is 35.9 Å². The minimum Gasteiger partial charge on any atom is -0.372 e. The van der Waals surface area contributed by atoms with Crippen LogP contribution in [0.3, 0.4) is 0 Å². The van der Waals surface area contributed by atoms with Crippen molar-refractivity contribution in [3.63, 3.8) is 0 Å². The van der Waals surface area contributed by atoms with Gasteiger partial charge in [-0.2, -0.15) is 0 Å². The van der Waals surface area contributed by atoms with E-state index in [1.807, 2.05) is 31.2 Å². The zero-order chi connectivity index (χ0) is 22.1. The number of aliphatic imine (C=N–C) groups is 1. The highest BCUT2D eigenvalue weighted by molar-refractivity contribution is 14.0. The summed E-state index contributed by atoms with van der Waals surface area (Å²) in [6, 6.07) is 16.6. The van der Waals surface area contributed by atoms with Crippen LogP contribution in [0.25, 0.3) is 0 Å². The Kier molecular flexibility index (Phi) is 10.8. The van der Waals surface area contributed by atoms with Crippen LogP contribution in [0.1, 0.15) is 60.6 Å². The smallest absolute Gasteiger partial charge is 0.251 e. The quantitative estimate of drug-likeness (QED) is 0.258. The summed E-state index contributed by atoms with van der Waals surface area (Å²) in [5, 5.41) is 9.76. The molecule has 0 radical (unpaired) electrons. The largest absolute Gasteiger partial charge is 0.372 e. The molecule has 1 saturated heterocycles. The van der Waals surface area contributed by atoms with Crippen molar-refractivity contribution in [2.24, 2.45) is 4.99 Å². The van der Waals surface area contributed by atoms with Crippen molar-refractivity contribution in [1.29, 1.82) is 0 Å². The predicted octanol–water partition coefficient (Wildman–Crippen LogP) is 4.47. The summed E-state index contributed by atoms with van der Waals surface area (Å²) in [7, 11) is 1.78. The van der Waals surface area contributed by atoms with Gasteiger partial charge >= 0.3 is 0 Å². The number of halogens is 1.